The lowest BCUT2D eigenvalue weighted by atomic mass is 9.63. The van der Waals surface area contributed by atoms with Crippen molar-refractivity contribution in [2.45, 2.75) is 52.5 Å². The molecule has 0 aromatic heterocycles. The van der Waals surface area contributed by atoms with E-state index in [0.29, 0.717) is 17.9 Å². The molecule has 0 heterocycles. The van der Waals surface area contributed by atoms with E-state index in [9.17, 15) is 4.79 Å². The predicted molar refractivity (Wildman–Crippen MR) is 82.7 cm³/mol. The normalized spacial score (nSPS) is 29.4. The van der Waals surface area contributed by atoms with E-state index in [1.54, 1.807) is 0 Å². The summed E-state index contributed by atoms with van der Waals surface area (Å²) >= 11 is 0. The maximum atomic E-state index is 12.5. The minimum Gasteiger partial charge on any atom is -0.465 e. The van der Waals surface area contributed by atoms with Crippen LogP contribution in [0.25, 0.3) is 0 Å². The highest BCUT2D eigenvalue weighted by molar-refractivity contribution is 5.81. The van der Waals surface area contributed by atoms with Crippen LogP contribution in [0.4, 0.5) is 0 Å². The molecule has 0 aliphatic heterocycles. The van der Waals surface area contributed by atoms with Crippen LogP contribution in [-0.2, 0) is 9.53 Å². The monoisotopic (exact) mass is 284 g/mol. The number of nitrogens with one attached hydrogen (secondary N) is 1. The van der Waals surface area contributed by atoms with Gasteiger partial charge in [0.25, 0.3) is 0 Å². The largest absolute Gasteiger partial charge is 0.465 e. The fourth-order valence-corrected chi connectivity index (χ4v) is 3.29. The zero-order chi connectivity index (χ0) is 15.4. The van der Waals surface area contributed by atoms with Crippen molar-refractivity contribution >= 4 is 5.97 Å². The molecule has 1 fully saturated rings. The van der Waals surface area contributed by atoms with Crippen LogP contribution in [0.5, 0.6) is 0 Å². The second-order valence-electron chi connectivity index (χ2n) is 7.19. The van der Waals surface area contributed by atoms with Crippen molar-refractivity contribution < 1.29 is 9.53 Å². The molecule has 0 bridgehead atoms. The fraction of sp³-hybridized carbons (Fsp3) is 0.938. The molecule has 1 aliphatic rings. The van der Waals surface area contributed by atoms with Gasteiger partial charge in [-0.1, -0.05) is 20.8 Å². The van der Waals surface area contributed by atoms with E-state index in [1.165, 1.54) is 0 Å². The molecule has 0 aromatic carbocycles. The number of likely N-dealkylation sites (N-methyl/N-ethyl adjacent to an activating group) is 1. The number of rotatable bonds is 6. The Kier molecular flexibility index (Phi) is 6.02. The Balaban J connectivity index is 2.82. The topological polar surface area (TPSA) is 41.6 Å². The molecule has 1 saturated carbocycles. The van der Waals surface area contributed by atoms with Crippen molar-refractivity contribution in [3.05, 3.63) is 0 Å². The molecule has 0 aromatic rings. The molecular weight excluding hydrogens is 252 g/mol. The molecule has 0 spiro atoms. The van der Waals surface area contributed by atoms with E-state index in [2.05, 4.69) is 31.0 Å². The Hall–Kier alpha value is -0.610. The van der Waals surface area contributed by atoms with Gasteiger partial charge in [0.1, 0.15) is 5.54 Å². The van der Waals surface area contributed by atoms with E-state index in [-0.39, 0.29) is 5.97 Å². The van der Waals surface area contributed by atoms with Crippen LogP contribution in [0.3, 0.4) is 0 Å². The van der Waals surface area contributed by atoms with Crippen molar-refractivity contribution in [3.8, 4) is 0 Å². The Morgan fingerprint density at radius 3 is 2.50 bits per heavy atom. The molecule has 4 nitrogen and oxygen atoms in total. The zero-order valence-corrected chi connectivity index (χ0v) is 14.1. The fourth-order valence-electron chi connectivity index (χ4n) is 3.29. The van der Waals surface area contributed by atoms with Gasteiger partial charge in [-0.3, -0.25) is 4.79 Å². The number of carbonyl (C=O) groups is 1. The number of nitrogens with zero attached hydrogens (tertiary/aromatic N) is 1. The maximum Gasteiger partial charge on any atom is 0.326 e. The summed E-state index contributed by atoms with van der Waals surface area (Å²) in [6.45, 7) is 10.8. The first-order chi connectivity index (χ1) is 9.23. The van der Waals surface area contributed by atoms with Crippen molar-refractivity contribution in [3.63, 3.8) is 0 Å². The van der Waals surface area contributed by atoms with Crippen LogP contribution in [0, 0.1) is 11.3 Å². The third-order valence-electron chi connectivity index (χ3n) is 4.54. The highest BCUT2D eigenvalue weighted by atomic mass is 16.5. The van der Waals surface area contributed by atoms with Crippen LogP contribution < -0.4 is 5.32 Å². The molecule has 2 atom stereocenters. The molecular formula is C16H32N2O2. The standard InChI is InChI=1S/C16H32N2O2/c1-7-20-14(19)16(17-10-11-18(5)6)9-8-15(3,4)12-13(16)2/h13,17H,7-12H2,1-6H3. The van der Waals surface area contributed by atoms with E-state index in [0.717, 1.165) is 32.4 Å². The smallest absolute Gasteiger partial charge is 0.326 e. The maximum absolute atomic E-state index is 12.5. The molecule has 1 N–H and O–H groups in total. The summed E-state index contributed by atoms with van der Waals surface area (Å²) in [4.78, 5) is 14.6. The van der Waals surface area contributed by atoms with E-state index in [4.69, 9.17) is 4.74 Å². The SMILES string of the molecule is CCOC(=O)C1(NCCN(C)C)CCC(C)(C)CC1C. The first-order valence-electron chi connectivity index (χ1n) is 7.80. The van der Waals surface area contributed by atoms with E-state index in [1.807, 2.05) is 21.0 Å². The first kappa shape index (κ1) is 17.4. The summed E-state index contributed by atoms with van der Waals surface area (Å²) in [6, 6.07) is 0. The van der Waals surface area contributed by atoms with Crippen molar-refractivity contribution in [2.24, 2.45) is 11.3 Å². The molecule has 1 rings (SSSR count). The lowest BCUT2D eigenvalue weighted by molar-refractivity contribution is -0.157. The molecule has 2 unspecified atom stereocenters. The molecule has 0 radical (unpaired) electrons. The van der Waals surface area contributed by atoms with E-state index >= 15 is 0 Å². The number of ether oxygens (including phenoxy) is 1. The second kappa shape index (κ2) is 6.90. The predicted octanol–water partition coefficient (Wildman–Crippen LogP) is 2.29. The number of esters is 1. The third-order valence-corrected chi connectivity index (χ3v) is 4.54. The Bertz CT molecular complexity index is 328. The Labute approximate surface area is 124 Å². The summed E-state index contributed by atoms with van der Waals surface area (Å²) in [7, 11) is 4.10. The van der Waals surface area contributed by atoms with E-state index < -0.39 is 5.54 Å². The zero-order valence-electron chi connectivity index (χ0n) is 14.1. The van der Waals surface area contributed by atoms with Gasteiger partial charge in [0.15, 0.2) is 0 Å². The Morgan fingerprint density at radius 2 is 2.00 bits per heavy atom. The highest BCUT2D eigenvalue weighted by Crippen LogP contribution is 2.44. The number of carbonyl (C=O) groups excluding carboxylic acids is 1. The average Bonchev–Trinajstić information content (AvgIpc) is 2.31. The van der Waals surface area contributed by atoms with Crippen LogP contribution in [-0.4, -0.2) is 50.2 Å². The number of hydrogen-bond donors (Lipinski definition) is 1. The molecule has 20 heavy (non-hydrogen) atoms. The van der Waals surface area contributed by atoms with Crippen LogP contribution in [0.2, 0.25) is 0 Å². The minimum atomic E-state index is -0.498. The van der Waals surface area contributed by atoms with Gasteiger partial charge in [-0.05, 0) is 51.6 Å². The highest BCUT2D eigenvalue weighted by Gasteiger charge is 2.49. The first-order valence-corrected chi connectivity index (χ1v) is 7.80. The van der Waals surface area contributed by atoms with Crippen LogP contribution >= 0.6 is 0 Å². The quantitative estimate of drug-likeness (QED) is 0.760. The minimum absolute atomic E-state index is 0.0678. The summed E-state index contributed by atoms with van der Waals surface area (Å²) < 4.78 is 5.37. The lowest BCUT2D eigenvalue weighted by Gasteiger charge is -2.47. The summed E-state index contributed by atoms with van der Waals surface area (Å²) in [5.41, 5.74) is -0.180. The summed E-state index contributed by atoms with van der Waals surface area (Å²) in [5.74, 6) is 0.231. The van der Waals surface area contributed by atoms with Crippen molar-refractivity contribution in [2.75, 3.05) is 33.8 Å². The van der Waals surface area contributed by atoms with Crippen LogP contribution in [0.15, 0.2) is 0 Å². The van der Waals surface area contributed by atoms with Gasteiger partial charge in [-0.25, -0.2) is 0 Å². The van der Waals surface area contributed by atoms with Gasteiger partial charge >= 0.3 is 5.97 Å². The third kappa shape index (κ3) is 4.19. The second-order valence-corrected chi connectivity index (χ2v) is 7.19. The molecule has 0 saturated heterocycles. The van der Waals surface area contributed by atoms with Gasteiger partial charge in [0, 0.05) is 13.1 Å². The van der Waals surface area contributed by atoms with Gasteiger partial charge in [-0.15, -0.1) is 0 Å². The van der Waals surface area contributed by atoms with Crippen LogP contribution in [0.1, 0.15) is 47.0 Å². The Morgan fingerprint density at radius 1 is 1.35 bits per heavy atom. The van der Waals surface area contributed by atoms with Gasteiger partial charge in [0.2, 0.25) is 0 Å². The van der Waals surface area contributed by atoms with Gasteiger partial charge in [-0.2, -0.15) is 0 Å². The summed E-state index contributed by atoms with van der Waals surface area (Å²) in [6.07, 6.45) is 2.99. The molecule has 0 amide bonds. The lowest BCUT2D eigenvalue weighted by Crippen LogP contribution is -2.61. The molecule has 1 aliphatic carbocycles. The summed E-state index contributed by atoms with van der Waals surface area (Å²) in [5, 5.41) is 3.52. The van der Waals surface area contributed by atoms with Crippen molar-refractivity contribution in [1.82, 2.24) is 10.2 Å². The van der Waals surface area contributed by atoms with Gasteiger partial charge in [0.05, 0.1) is 6.61 Å². The number of hydrogen-bond acceptors (Lipinski definition) is 4. The van der Waals surface area contributed by atoms with Gasteiger partial charge < -0.3 is 15.0 Å². The average molecular weight is 284 g/mol. The molecule has 118 valence electrons. The molecule has 4 heteroatoms. The van der Waals surface area contributed by atoms with Crippen molar-refractivity contribution in [1.29, 1.82) is 0 Å².